The number of anilines is 1. The predicted molar refractivity (Wildman–Crippen MR) is 124 cm³/mol. The SMILES string of the molecule is CS(=O)(=O)N(CCCC(=O)NCC1(c2ccccc2)CCOCC1)c1cccc(Cl)c1. The molecule has 1 saturated heterocycles. The predicted octanol–water partition coefficient (Wildman–Crippen LogP) is 3.75. The summed E-state index contributed by atoms with van der Waals surface area (Å²) >= 11 is 6.01. The number of ether oxygens (including phenoxy) is 1. The molecule has 0 spiro atoms. The van der Waals surface area contributed by atoms with Gasteiger partial charge in [-0.1, -0.05) is 48.0 Å². The van der Waals surface area contributed by atoms with Crippen LogP contribution in [0.1, 0.15) is 31.2 Å². The van der Waals surface area contributed by atoms with Crippen molar-refractivity contribution in [2.24, 2.45) is 0 Å². The highest BCUT2D eigenvalue weighted by atomic mass is 35.5. The summed E-state index contributed by atoms with van der Waals surface area (Å²) in [7, 11) is -3.48. The molecule has 1 aliphatic rings. The molecule has 1 aliphatic heterocycles. The summed E-state index contributed by atoms with van der Waals surface area (Å²) in [4.78, 5) is 12.5. The zero-order chi connectivity index (χ0) is 22.3. The maximum Gasteiger partial charge on any atom is 0.232 e. The van der Waals surface area contributed by atoms with Crippen LogP contribution < -0.4 is 9.62 Å². The number of rotatable bonds is 9. The van der Waals surface area contributed by atoms with Crippen molar-refractivity contribution in [3.63, 3.8) is 0 Å². The number of hydrogen-bond acceptors (Lipinski definition) is 4. The molecule has 0 unspecified atom stereocenters. The summed E-state index contributed by atoms with van der Waals surface area (Å²) in [5.41, 5.74) is 1.58. The van der Waals surface area contributed by atoms with Crippen LogP contribution in [-0.4, -0.2) is 46.9 Å². The number of amides is 1. The minimum Gasteiger partial charge on any atom is -0.381 e. The van der Waals surface area contributed by atoms with E-state index in [2.05, 4.69) is 17.4 Å². The first-order chi connectivity index (χ1) is 14.8. The van der Waals surface area contributed by atoms with Crippen LogP contribution in [0, 0.1) is 0 Å². The van der Waals surface area contributed by atoms with E-state index in [4.69, 9.17) is 16.3 Å². The molecule has 0 saturated carbocycles. The highest BCUT2D eigenvalue weighted by molar-refractivity contribution is 7.92. The Morgan fingerprint density at radius 2 is 1.84 bits per heavy atom. The Morgan fingerprint density at radius 1 is 1.13 bits per heavy atom. The number of carbonyl (C=O) groups excluding carboxylic acids is 1. The smallest absolute Gasteiger partial charge is 0.232 e. The van der Waals surface area contributed by atoms with Crippen LogP contribution in [0.25, 0.3) is 0 Å². The molecule has 8 heteroatoms. The molecule has 0 aliphatic carbocycles. The summed E-state index contributed by atoms with van der Waals surface area (Å²) in [5, 5.41) is 3.53. The van der Waals surface area contributed by atoms with Gasteiger partial charge in [0.1, 0.15) is 0 Å². The monoisotopic (exact) mass is 464 g/mol. The molecule has 1 N–H and O–H groups in total. The van der Waals surface area contributed by atoms with Gasteiger partial charge in [0.25, 0.3) is 0 Å². The third-order valence-electron chi connectivity index (χ3n) is 5.72. The molecular formula is C23H29ClN2O4S. The first-order valence-corrected chi connectivity index (χ1v) is 12.7. The van der Waals surface area contributed by atoms with Crippen molar-refractivity contribution in [2.75, 3.05) is 36.9 Å². The number of nitrogens with one attached hydrogen (secondary N) is 1. The quantitative estimate of drug-likeness (QED) is 0.613. The summed E-state index contributed by atoms with van der Waals surface area (Å²) in [5.74, 6) is -0.0821. The summed E-state index contributed by atoms with van der Waals surface area (Å²) < 4.78 is 31.3. The van der Waals surface area contributed by atoms with Crippen molar-refractivity contribution in [3.8, 4) is 0 Å². The molecule has 1 heterocycles. The van der Waals surface area contributed by atoms with Gasteiger partial charge in [-0.05, 0) is 43.0 Å². The topological polar surface area (TPSA) is 75.7 Å². The Bertz CT molecular complexity index is 976. The Labute approximate surface area is 189 Å². The molecule has 3 rings (SSSR count). The number of carbonyl (C=O) groups is 1. The summed E-state index contributed by atoms with van der Waals surface area (Å²) in [6.45, 7) is 2.11. The largest absolute Gasteiger partial charge is 0.381 e. The van der Waals surface area contributed by atoms with Gasteiger partial charge in [-0.3, -0.25) is 9.10 Å². The molecule has 0 bridgehead atoms. The lowest BCUT2D eigenvalue weighted by Crippen LogP contribution is -2.44. The highest BCUT2D eigenvalue weighted by Gasteiger charge is 2.34. The molecular weight excluding hydrogens is 436 g/mol. The van der Waals surface area contributed by atoms with E-state index in [1.807, 2.05) is 18.2 Å². The number of hydrogen-bond donors (Lipinski definition) is 1. The van der Waals surface area contributed by atoms with Crippen molar-refractivity contribution in [1.82, 2.24) is 5.32 Å². The van der Waals surface area contributed by atoms with Gasteiger partial charge in [0.05, 0.1) is 11.9 Å². The van der Waals surface area contributed by atoms with Crippen LogP contribution in [-0.2, 0) is 25.0 Å². The molecule has 1 fully saturated rings. The average molecular weight is 465 g/mol. The van der Waals surface area contributed by atoms with E-state index in [-0.39, 0.29) is 24.3 Å². The van der Waals surface area contributed by atoms with Crippen molar-refractivity contribution in [1.29, 1.82) is 0 Å². The normalized spacial score (nSPS) is 15.9. The first-order valence-electron chi connectivity index (χ1n) is 10.4. The van der Waals surface area contributed by atoms with Gasteiger partial charge in [-0.15, -0.1) is 0 Å². The van der Waals surface area contributed by atoms with Gasteiger partial charge in [-0.25, -0.2) is 8.42 Å². The van der Waals surface area contributed by atoms with Crippen molar-refractivity contribution in [2.45, 2.75) is 31.1 Å². The third-order valence-corrected chi connectivity index (χ3v) is 7.15. The second kappa shape index (κ2) is 10.5. The Hall–Kier alpha value is -2.09. The van der Waals surface area contributed by atoms with Gasteiger partial charge in [0.15, 0.2) is 0 Å². The number of halogens is 1. The molecule has 0 atom stereocenters. The van der Waals surface area contributed by atoms with E-state index in [0.29, 0.717) is 36.9 Å². The molecule has 0 aromatic heterocycles. The van der Waals surface area contributed by atoms with E-state index in [1.165, 1.54) is 9.87 Å². The third kappa shape index (κ3) is 6.45. The van der Waals surface area contributed by atoms with Crippen molar-refractivity contribution < 1.29 is 17.9 Å². The van der Waals surface area contributed by atoms with Gasteiger partial charge in [0, 0.05) is 43.2 Å². The number of nitrogens with zero attached hydrogens (tertiary/aromatic N) is 1. The molecule has 2 aromatic rings. The molecule has 2 aromatic carbocycles. The van der Waals surface area contributed by atoms with Crippen molar-refractivity contribution >= 4 is 33.2 Å². The molecule has 1 amide bonds. The van der Waals surface area contributed by atoms with Crippen LogP contribution in [0.4, 0.5) is 5.69 Å². The minimum atomic E-state index is -3.48. The van der Waals surface area contributed by atoms with Crippen molar-refractivity contribution in [3.05, 3.63) is 65.2 Å². The average Bonchev–Trinajstić information content (AvgIpc) is 2.76. The van der Waals surface area contributed by atoms with Gasteiger partial charge in [0.2, 0.25) is 15.9 Å². The fraction of sp³-hybridized carbons (Fsp3) is 0.435. The zero-order valence-electron chi connectivity index (χ0n) is 17.7. The number of benzene rings is 2. The standard InChI is InChI=1S/C23H29ClN2O4S/c1-31(28,29)26(21-10-5-9-20(24)17-21)14-6-11-22(27)25-18-23(12-15-30-16-13-23)19-7-3-2-4-8-19/h2-5,7-10,17H,6,11-16,18H2,1H3,(H,25,27). The van der Waals surface area contributed by atoms with Crippen LogP contribution in [0.2, 0.25) is 5.02 Å². The van der Waals surface area contributed by atoms with E-state index < -0.39 is 10.0 Å². The van der Waals surface area contributed by atoms with Gasteiger partial charge in [-0.2, -0.15) is 0 Å². The van der Waals surface area contributed by atoms with Gasteiger partial charge >= 0.3 is 0 Å². The lowest BCUT2D eigenvalue weighted by molar-refractivity contribution is -0.121. The maximum atomic E-state index is 12.5. The second-order valence-corrected chi connectivity index (χ2v) is 10.3. The highest BCUT2D eigenvalue weighted by Crippen LogP contribution is 2.34. The van der Waals surface area contributed by atoms with Crippen LogP contribution in [0.3, 0.4) is 0 Å². The lowest BCUT2D eigenvalue weighted by atomic mass is 9.74. The minimum absolute atomic E-state index is 0.0821. The van der Waals surface area contributed by atoms with E-state index >= 15 is 0 Å². The van der Waals surface area contributed by atoms with E-state index in [0.717, 1.165) is 19.1 Å². The summed E-state index contributed by atoms with van der Waals surface area (Å²) in [6, 6.07) is 16.9. The number of sulfonamides is 1. The van der Waals surface area contributed by atoms with E-state index in [9.17, 15) is 13.2 Å². The Morgan fingerprint density at radius 3 is 2.48 bits per heavy atom. The van der Waals surface area contributed by atoms with Crippen LogP contribution in [0.15, 0.2) is 54.6 Å². The van der Waals surface area contributed by atoms with E-state index in [1.54, 1.807) is 24.3 Å². The maximum absolute atomic E-state index is 12.5. The van der Waals surface area contributed by atoms with Crippen LogP contribution >= 0.6 is 11.6 Å². The lowest BCUT2D eigenvalue weighted by Gasteiger charge is -2.38. The summed E-state index contributed by atoms with van der Waals surface area (Å²) in [6.07, 6.45) is 3.52. The fourth-order valence-corrected chi connectivity index (χ4v) is 5.12. The Balaban J connectivity index is 1.57. The molecule has 0 radical (unpaired) electrons. The first kappa shape index (κ1) is 23.6. The molecule has 168 valence electrons. The zero-order valence-corrected chi connectivity index (χ0v) is 19.3. The fourth-order valence-electron chi connectivity index (χ4n) is 3.98. The van der Waals surface area contributed by atoms with Crippen LogP contribution in [0.5, 0.6) is 0 Å². The Kier molecular flexibility index (Phi) is 7.97. The molecule has 6 nitrogen and oxygen atoms in total. The van der Waals surface area contributed by atoms with Gasteiger partial charge < -0.3 is 10.1 Å². The second-order valence-electron chi connectivity index (χ2n) is 7.95. The molecule has 31 heavy (non-hydrogen) atoms.